The quantitative estimate of drug-likeness (QED) is 0.472. The summed E-state index contributed by atoms with van der Waals surface area (Å²) in [5, 5.41) is 17.8. The summed E-state index contributed by atoms with van der Waals surface area (Å²) in [5.41, 5.74) is 0. The van der Waals surface area contributed by atoms with Crippen molar-refractivity contribution in [1.29, 1.82) is 0 Å². The van der Waals surface area contributed by atoms with Crippen molar-refractivity contribution < 1.29 is 19.8 Å². The minimum atomic E-state index is 0.0126. The molecule has 0 saturated carbocycles. The fourth-order valence-corrected chi connectivity index (χ4v) is 2.56. The van der Waals surface area contributed by atoms with Gasteiger partial charge in [0.25, 0.3) is 0 Å². The lowest BCUT2D eigenvalue weighted by atomic mass is 10.1. The van der Waals surface area contributed by atoms with E-state index in [9.17, 15) is 9.59 Å². The number of carbonyl (C=O) groups is 2. The highest BCUT2D eigenvalue weighted by molar-refractivity contribution is 5.76. The Hall–Kier alpha value is -1.14. The SMILES string of the molecule is CCN(CCO)C(=O)CCCCCCCC(=O)N(CC)CCO. The van der Waals surface area contributed by atoms with Gasteiger partial charge in [-0.3, -0.25) is 9.59 Å². The number of carbonyl (C=O) groups excluding carboxylic acids is 2. The molecule has 0 aliphatic carbocycles. The van der Waals surface area contributed by atoms with Crippen LogP contribution in [0.3, 0.4) is 0 Å². The molecule has 6 nitrogen and oxygen atoms in total. The second-order valence-electron chi connectivity index (χ2n) is 5.66. The molecule has 0 fully saturated rings. The van der Waals surface area contributed by atoms with Gasteiger partial charge in [-0.05, 0) is 26.7 Å². The van der Waals surface area contributed by atoms with Gasteiger partial charge in [-0.15, -0.1) is 0 Å². The number of aliphatic hydroxyl groups excluding tert-OH is 2. The molecule has 136 valence electrons. The average Bonchev–Trinajstić information content (AvgIpc) is 2.56. The molecular weight excluding hydrogens is 296 g/mol. The molecule has 0 bridgehead atoms. The van der Waals surface area contributed by atoms with Gasteiger partial charge in [0.2, 0.25) is 11.8 Å². The number of rotatable bonds is 14. The Kier molecular flexibility index (Phi) is 13.7. The Morgan fingerprint density at radius 1 is 0.696 bits per heavy atom. The van der Waals surface area contributed by atoms with Gasteiger partial charge in [0, 0.05) is 39.0 Å². The fraction of sp³-hybridized carbons (Fsp3) is 0.882. The fourth-order valence-electron chi connectivity index (χ4n) is 2.56. The maximum absolute atomic E-state index is 11.9. The van der Waals surface area contributed by atoms with E-state index in [4.69, 9.17) is 10.2 Å². The van der Waals surface area contributed by atoms with E-state index < -0.39 is 0 Å². The van der Waals surface area contributed by atoms with Crippen molar-refractivity contribution in [2.75, 3.05) is 39.4 Å². The van der Waals surface area contributed by atoms with E-state index in [-0.39, 0.29) is 25.0 Å². The van der Waals surface area contributed by atoms with Gasteiger partial charge in [-0.25, -0.2) is 0 Å². The highest BCUT2D eigenvalue weighted by Gasteiger charge is 2.11. The maximum atomic E-state index is 11.9. The van der Waals surface area contributed by atoms with Crippen molar-refractivity contribution in [1.82, 2.24) is 9.80 Å². The zero-order chi connectivity index (χ0) is 17.5. The van der Waals surface area contributed by atoms with E-state index in [0.29, 0.717) is 39.0 Å². The lowest BCUT2D eigenvalue weighted by Gasteiger charge is -2.19. The van der Waals surface area contributed by atoms with Gasteiger partial charge in [-0.2, -0.15) is 0 Å². The maximum Gasteiger partial charge on any atom is 0.222 e. The summed E-state index contributed by atoms with van der Waals surface area (Å²) in [6.45, 7) is 5.98. The van der Waals surface area contributed by atoms with Crippen molar-refractivity contribution in [3.63, 3.8) is 0 Å². The summed E-state index contributed by atoms with van der Waals surface area (Å²) >= 11 is 0. The summed E-state index contributed by atoms with van der Waals surface area (Å²) in [4.78, 5) is 27.1. The Bertz CT molecular complexity index is 294. The second kappa shape index (κ2) is 14.5. The molecule has 0 aromatic rings. The van der Waals surface area contributed by atoms with Crippen LogP contribution in [-0.2, 0) is 9.59 Å². The number of aliphatic hydroxyl groups is 2. The second-order valence-corrected chi connectivity index (χ2v) is 5.66. The third kappa shape index (κ3) is 10.3. The minimum Gasteiger partial charge on any atom is -0.395 e. The zero-order valence-electron chi connectivity index (χ0n) is 14.8. The van der Waals surface area contributed by atoms with Gasteiger partial charge in [0.15, 0.2) is 0 Å². The molecule has 0 heterocycles. The standard InChI is InChI=1S/C17H34N2O4/c1-3-18(12-14-20)16(22)10-8-6-5-7-9-11-17(23)19(4-2)13-15-21/h20-21H,3-15H2,1-2H3. The first-order valence-corrected chi connectivity index (χ1v) is 8.87. The summed E-state index contributed by atoms with van der Waals surface area (Å²) in [7, 11) is 0. The van der Waals surface area contributed by atoms with Crippen molar-refractivity contribution in [2.24, 2.45) is 0 Å². The van der Waals surface area contributed by atoms with E-state index in [1.807, 2.05) is 13.8 Å². The number of amides is 2. The smallest absolute Gasteiger partial charge is 0.222 e. The van der Waals surface area contributed by atoms with Gasteiger partial charge in [0.1, 0.15) is 0 Å². The molecule has 2 amide bonds. The average molecular weight is 330 g/mol. The van der Waals surface area contributed by atoms with Crippen LogP contribution in [0.15, 0.2) is 0 Å². The number of hydrogen-bond donors (Lipinski definition) is 2. The monoisotopic (exact) mass is 330 g/mol. The van der Waals surface area contributed by atoms with E-state index in [2.05, 4.69) is 0 Å². The first kappa shape index (κ1) is 21.9. The van der Waals surface area contributed by atoms with Crippen molar-refractivity contribution in [2.45, 2.75) is 58.8 Å². The third-order valence-electron chi connectivity index (χ3n) is 3.99. The molecule has 0 saturated heterocycles. The van der Waals surface area contributed by atoms with Crippen LogP contribution < -0.4 is 0 Å². The van der Waals surface area contributed by atoms with Crippen LogP contribution in [0, 0.1) is 0 Å². The summed E-state index contributed by atoms with van der Waals surface area (Å²) in [6.07, 6.45) is 5.80. The lowest BCUT2D eigenvalue weighted by Crippen LogP contribution is -2.33. The van der Waals surface area contributed by atoms with E-state index in [1.54, 1.807) is 9.80 Å². The zero-order valence-corrected chi connectivity index (χ0v) is 14.8. The van der Waals surface area contributed by atoms with Gasteiger partial charge in [-0.1, -0.05) is 19.3 Å². The lowest BCUT2D eigenvalue weighted by molar-refractivity contribution is -0.132. The Balaban J connectivity index is 3.66. The van der Waals surface area contributed by atoms with Crippen molar-refractivity contribution in [3.05, 3.63) is 0 Å². The van der Waals surface area contributed by atoms with Crippen LogP contribution in [-0.4, -0.2) is 71.2 Å². The molecule has 0 radical (unpaired) electrons. The predicted octanol–water partition coefficient (Wildman–Crippen LogP) is 1.40. The Morgan fingerprint density at radius 2 is 1.04 bits per heavy atom. The van der Waals surface area contributed by atoms with Gasteiger partial charge in [0.05, 0.1) is 13.2 Å². The molecule has 0 atom stereocenters. The molecule has 0 aliphatic rings. The van der Waals surface area contributed by atoms with E-state index >= 15 is 0 Å². The Morgan fingerprint density at radius 3 is 1.35 bits per heavy atom. The first-order valence-electron chi connectivity index (χ1n) is 8.87. The number of hydrogen-bond acceptors (Lipinski definition) is 4. The molecule has 0 aromatic carbocycles. The number of nitrogens with zero attached hydrogens (tertiary/aromatic N) is 2. The molecule has 6 heteroatoms. The third-order valence-corrected chi connectivity index (χ3v) is 3.99. The molecule has 0 spiro atoms. The number of unbranched alkanes of at least 4 members (excludes halogenated alkanes) is 4. The normalized spacial score (nSPS) is 10.6. The summed E-state index contributed by atoms with van der Waals surface area (Å²) in [6, 6.07) is 0. The molecule has 0 rings (SSSR count). The summed E-state index contributed by atoms with van der Waals surface area (Å²) < 4.78 is 0. The topological polar surface area (TPSA) is 81.1 Å². The predicted molar refractivity (Wildman–Crippen MR) is 91.0 cm³/mol. The molecular formula is C17H34N2O4. The highest BCUT2D eigenvalue weighted by Crippen LogP contribution is 2.09. The van der Waals surface area contributed by atoms with Crippen LogP contribution in [0.2, 0.25) is 0 Å². The molecule has 0 aromatic heterocycles. The molecule has 2 N–H and O–H groups in total. The van der Waals surface area contributed by atoms with Crippen LogP contribution in [0.5, 0.6) is 0 Å². The van der Waals surface area contributed by atoms with Crippen molar-refractivity contribution in [3.8, 4) is 0 Å². The number of likely N-dealkylation sites (N-methyl/N-ethyl adjacent to an activating group) is 2. The van der Waals surface area contributed by atoms with Gasteiger partial charge >= 0.3 is 0 Å². The Labute approximate surface area is 140 Å². The molecule has 0 aliphatic heterocycles. The van der Waals surface area contributed by atoms with Crippen LogP contribution in [0.25, 0.3) is 0 Å². The van der Waals surface area contributed by atoms with Gasteiger partial charge < -0.3 is 20.0 Å². The minimum absolute atomic E-state index is 0.0126. The van der Waals surface area contributed by atoms with E-state index in [0.717, 1.165) is 32.1 Å². The van der Waals surface area contributed by atoms with Crippen LogP contribution in [0.1, 0.15) is 58.8 Å². The molecule has 23 heavy (non-hydrogen) atoms. The van der Waals surface area contributed by atoms with Crippen LogP contribution >= 0.6 is 0 Å². The van der Waals surface area contributed by atoms with E-state index in [1.165, 1.54) is 0 Å². The summed E-state index contributed by atoms with van der Waals surface area (Å²) in [5.74, 6) is 0.221. The largest absolute Gasteiger partial charge is 0.395 e. The molecule has 0 unspecified atom stereocenters. The first-order chi connectivity index (χ1) is 11.1. The van der Waals surface area contributed by atoms with Crippen molar-refractivity contribution >= 4 is 11.8 Å². The highest BCUT2D eigenvalue weighted by atomic mass is 16.3. The van der Waals surface area contributed by atoms with Crippen LogP contribution in [0.4, 0.5) is 0 Å².